The minimum atomic E-state index is 0.333. The largest absolute Gasteiger partial charge is 0.395 e. The van der Waals surface area contributed by atoms with Crippen LogP contribution < -0.4 is 5.73 Å². The van der Waals surface area contributed by atoms with Crippen molar-refractivity contribution in [1.82, 2.24) is 9.78 Å². The SMILES string of the molecule is Cc1c(N)c(-c2ccccc2)nn1C(C)C. The van der Waals surface area contributed by atoms with Crippen LogP contribution in [-0.4, -0.2) is 9.78 Å². The first-order valence-electron chi connectivity index (χ1n) is 5.51. The van der Waals surface area contributed by atoms with Crippen LogP contribution in [0.15, 0.2) is 30.3 Å². The van der Waals surface area contributed by atoms with E-state index in [1.54, 1.807) is 0 Å². The molecule has 84 valence electrons. The average Bonchev–Trinajstić information content (AvgIpc) is 2.58. The number of hydrogen-bond donors (Lipinski definition) is 1. The number of hydrogen-bond acceptors (Lipinski definition) is 2. The van der Waals surface area contributed by atoms with Gasteiger partial charge in [-0.15, -0.1) is 0 Å². The van der Waals surface area contributed by atoms with E-state index < -0.39 is 0 Å². The maximum Gasteiger partial charge on any atom is 0.116 e. The van der Waals surface area contributed by atoms with Crippen molar-refractivity contribution >= 4 is 5.69 Å². The molecule has 1 heterocycles. The molecule has 0 saturated carbocycles. The number of rotatable bonds is 2. The number of nitrogen functional groups attached to an aromatic ring is 1. The lowest BCUT2D eigenvalue weighted by atomic mass is 10.1. The van der Waals surface area contributed by atoms with Gasteiger partial charge >= 0.3 is 0 Å². The van der Waals surface area contributed by atoms with E-state index in [4.69, 9.17) is 5.73 Å². The highest BCUT2D eigenvalue weighted by molar-refractivity contribution is 5.74. The molecule has 2 N–H and O–H groups in total. The Morgan fingerprint density at radius 2 is 1.81 bits per heavy atom. The second kappa shape index (κ2) is 4.00. The summed E-state index contributed by atoms with van der Waals surface area (Å²) in [6.45, 7) is 6.22. The van der Waals surface area contributed by atoms with Crippen LogP contribution in [0.4, 0.5) is 5.69 Å². The number of nitrogens with two attached hydrogens (primary N) is 1. The zero-order chi connectivity index (χ0) is 11.7. The molecule has 3 nitrogen and oxygen atoms in total. The number of nitrogens with zero attached hydrogens (tertiary/aromatic N) is 2. The van der Waals surface area contributed by atoms with E-state index in [-0.39, 0.29) is 0 Å². The summed E-state index contributed by atoms with van der Waals surface area (Å²) in [5.41, 5.74) is 9.86. The predicted octanol–water partition coefficient (Wildman–Crippen LogP) is 3.02. The van der Waals surface area contributed by atoms with Gasteiger partial charge in [0.1, 0.15) is 5.69 Å². The zero-order valence-corrected chi connectivity index (χ0v) is 9.94. The van der Waals surface area contributed by atoms with Crippen molar-refractivity contribution < 1.29 is 0 Å². The Bertz CT molecular complexity index is 483. The Labute approximate surface area is 95.9 Å². The van der Waals surface area contributed by atoms with Crippen molar-refractivity contribution in [1.29, 1.82) is 0 Å². The van der Waals surface area contributed by atoms with Crippen molar-refractivity contribution in [2.24, 2.45) is 0 Å². The fourth-order valence-electron chi connectivity index (χ4n) is 1.84. The maximum absolute atomic E-state index is 6.09. The van der Waals surface area contributed by atoms with Crippen LogP contribution in [0.25, 0.3) is 11.3 Å². The van der Waals surface area contributed by atoms with Crippen LogP contribution in [0.5, 0.6) is 0 Å². The molecule has 0 aliphatic rings. The summed E-state index contributed by atoms with van der Waals surface area (Å²) in [6, 6.07) is 10.4. The third-order valence-corrected chi connectivity index (χ3v) is 2.73. The first-order valence-corrected chi connectivity index (χ1v) is 5.51. The van der Waals surface area contributed by atoms with Gasteiger partial charge in [0, 0.05) is 11.6 Å². The van der Waals surface area contributed by atoms with Gasteiger partial charge in [0.25, 0.3) is 0 Å². The Hall–Kier alpha value is -1.77. The number of aromatic nitrogens is 2. The van der Waals surface area contributed by atoms with Crippen LogP contribution in [0.1, 0.15) is 25.6 Å². The van der Waals surface area contributed by atoms with Gasteiger partial charge in [0.15, 0.2) is 0 Å². The standard InChI is InChI=1S/C13H17N3/c1-9(2)16-10(3)12(14)13(15-16)11-7-5-4-6-8-11/h4-9H,14H2,1-3H3. The summed E-state index contributed by atoms with van der Waals surface area (Å²) in [6.07, 6.45) is 0. The van der Waals surface area contributed by atoms with Gasteiger partial charge in [-0.25, -0.2) is 0 Å². The van der Waals surface area contributed by atoms with Gasteiger partial charge in [0.2, 0.25) is 0 Å². The molecule has 0 spiro atoms. The number of anilines is 1. The predicted molar refractivity (Wildman–Crippen MR) is 67.2 cm³/mol. The zero-order valence-electron chi connectivity index (χ0n) is 9.94. The first-order chi connectivity index (χ1) is 7.61. The van der Waals surface area contributed by atoms with Crippen LogP contribution in [-0.2, 0) is 0 Å². The molecule has 2 aromatic rings. The smallest absolute Gasteiger partial charge is 0.116 e. The van der Waals surface area contributed by atoms with Gasteiger partial charge in [-0.3, -0.25) is 4.68 Å². The topological polar surface area (TPSA) is 43.8 Å². The quantitative estimate of drug-likeness (QED) is 0.836. The Kier molecular flexibility index (Phi) is 2.69. The van der Waals surface area contributed by atoms with Crippen molar-refractivity contribution in [2.75, 3.05) is 5.73 Å². The molecule has 0 bridgehead atoms. The second-order valence-electron chi connectivity index (χ2n) is 4.25. The summed E-state index contributed by atoms with van der Waals surface area (Å²) < 4.78 is 1.97. The highest BCUT2D eigenvalue weighted by Crippen LogP contribution is 2.28. The van der Waals surface area contributed by atoms with Gasteiger partial charge in [-0.2, -0.15) is 5.10 Å². The third-order valence-electron chi connectivity index (χ3n) is 2.73. The first kappa shape index (κ1) is 10.7. The van der Waals surface area contributed by atoms with Crippen LogP contribution in [0, 0.1) is 6.92 Å². The summed E-state index contributed by atoms with van der Waals surface area (Å²) in [4.78, 5) is 0. The molecule has 1 aromatic heterocycles. The summed E-state index contributed by atoms with van der Waals surface area (Å²) in [5, 5.41) is 4.57. The molecule has 0 aliphatic heterocycles. The van der Waals surface area contributed by atoms with Crippen molar-refractivity contribution in [2.45, 2.75) is 26.8 Å². The number of benzene rings is 1. The molecule has 16 heavy (non-hydrogen) atoms. The van der Waals surface area contributed by atoms with E-state index in [0.717, 1.165) is 22.6 Å². The van der Waals surface area contributed by atoms with Gasteiger partial charge in [-0.05, 0) is 20.8 Å². The lowest BCUT2D eigenvalue weighted by Crippen LogP contribution is -2.05. The Morgan fingerprint density at radius 3 is 2.31 bits per heavy atom. The van der Waals surface area contributed by atoms with Gasteiger partial charge in [-0.1, -0.05) is 30.3 Å². The van der Waals surface area contributed by atoms with E-state index in [9.17, 15) is 0 Å². The van der Waals surface area contributed by atoms with Crippen LogP contribution >= 0.6 is 0 Å². The fourth-order valence-corrected chi connectivity index (χ4v) is 1.84. The molecular formula is C13H17N3. The third kappa shape index (κ3) is 1.69. The maximum atomic E-state index is 6.09. The van der Waals surface area contributed by atoms with E-state index >= 15 is 0 Å². The molecule has 0 atom stereocenters. The second-order valence-corrected chi connectivity index (χ2v) is 4.25. The normalized spacial score (nSPS) is 11.0. The van der Waals surface area contributed by atoms with Crippen LogP contribution in [0.2, 0.25) is 0 Å². The molecule has 0 saturated heterocycles. The monoisotopic (exact) mass is 215 g/mol. The molecule has 0 unspecified atom stereocenters. The Morgan fingerprint density at radius 1 is 1.19 bits per heavy atom. The molecule has 0 radical (unpaired) electrons. The minimum Gasteiger partial charge on any atom is -0.395 e. The van der Waals surface area contributed by atoms with Gasteiger partial charge < -0.3 is 5.73 Å². The van der Waals surface area contributed by atoms with Crippen molar-refractivity contribution in [3.8, 4) is 11.3 Å². The molecule has 1 aromatic carbocycles. The summed E-state index contributed by atoms with van der Waals surface area (Å²) in [5.74, 6) is 0. The molecular weight excluding hydrogens is 198 g/mol. The summed E-state index contributed by atoms with van der Waals surface area (Å²) in [7, 11) is 0. The lowest BCUT2D eigenvalue weighted by molar-refractivity contribution is 0.521. The molecule has 0 aliphatic carbocycles. The highest BCUT2D eigenvalue weighted by Gasteiger charge is 2.14. The van der Waals surface area contributed by atoms with Gasteiger partial charge in [0.05, 0.1) is 11.4 Å². The van der Waals surface area contributed by atoms with E-state index in [1.807, 2.05) is 41.9 Å². The molecule has 3 heteroatoms. The van der Waals surface area contributed by atoms with E-state index in [2.05, 4.69) is 18.9 Å². The van der Waals surface area contributed by atoms with Crippen molar-refractivity contribution in [3.63, 3.8) is 0 Å². The average molecular weight is 215 g/mol. The van der Waals surface area contributed by atoms with Crippen LogP contribution in [0.3, 0.4) is 0 Å². The molecule has 2 rings (SSSR count). The molecule has 0 amide bonds. The minimum absolute atomic E-state index is 0.333. The fraction of sp³-hybridized carbons (Fsp3) is 0.308. The Balaban J connectivity index is 2.55. The molecule has 0 fully saturated rings. The highest BCUT2D eigenvalue weighted by atomic mass is 15.3. The van der Waals surface area contributed by atoms with E-state index in [1.165, 1.54) is 0 Å². The summed E-state index contributed by atoms with van der Waals surface area (Å²) >= 11 is 0. The lowest BCUT2D eigenvalue weighted by Gasteiger charge is -2.07. The van der Waals surface area contributed by atoms with Crippen molar-refractivity contribution in [3.05, 3.63) is 36.0 Å². The van der Waals surface area contributed by atoms with E-state index in [0.29, 0.717) is 6.04 Å².